The number of anilines is 1. The van der Waals surface area contributed by atoms with E-state index in [-0.39, 0.29) is 12.1 Å². The summed E-state index contributed by atoms with van der Waals surface area (Å²) in [5.41, 5.74) is 2.19. The average Bonchev–Trinajstić information content (AvgIpc) is 3.18. The molecule has 0 spiro atoms. The number of hydrogen-bond acceptors (Lipinski definition) is 4. The highest BCUT2D eigenvalue weighted by atomic mass is 16.5. The van der Waals surface area contributed by atoms with Crippen LogP contribution < -0.4 is 10.1 Å². The summed E-state index contributed by atoms with van der Waals surface area (Å²) in [5, 5.41) is 2.90. The molecule has 136 valence electrons. The van der Waals surface area contributed by atoms with E-state index in [1.165, 1.54) is 7.11 Å². The molecule has 1 atom stereocenters. The molecule has 2 aromatic carbocycles. The third kappa shape index (κ3) is 3.79. The normalized spacial score (nSPS) is 16.2. The summed E-state index contributed by atoms with van der Waals surface area (Å²) < 4.78 is 9.87. The highest BCUT2D eigenvalue weighted by Crippen LogP contribution is 2.33. The average molecular weight is 354 g/mol. The number of methoxy groups -OCH3 is 2. The predicted molar refractivity (Wildman–Crippen MR) is 98.5 cm³/mol. The Morgan fingerprint density at radius 3 is 2.35 bits per heavy atom. The van der Waals surface area contributed by atoms with Crippen LogP contribution in [0.2, 0.25) is 0 Å². The lowest BCUT2D eigenvalue weighted by atomic mass is 10.0. The highest BCUT2D eigenvalue weighted by Gasteiger charge is 2.30. The quantitative estimate of drug-likeness (QED) is 0.847. The number of nitrogens with zero attached hydrogens (tertiary/aromatic N) is 1. The van der Waals surface area contributed by atoms with Gasteiger partial charge in [0.1, 0.15) is 5.75 Å². The van der Waals surface area contributed by atoms with Crippen molar-refractivity contribution in [3.8, 4) is 5.75 Å². The van der Waals surface area contributed by atoms with E-state index in [1.807, 2.05) is 29.2 Å². The fourth-order valence-electron chi connectivity index (χ4n) is 3.19. The van der Waals surface area contributed by atoms with Crippen LogP contribution in [0, 0.1) is 0 Å². The summed E-state index contributed by atoms with van der Waals surface area (Å²) in [6, 6.07) is 14.4. The largest absolute Gasteiger partial charge is 0.497 e. The van der Waals surface area contributed by atoms with Gasteiger partial charge < -0.3 is 19.7 Å². The maximum atomic E-state index is 12.7. The number of nitrogens with one attached hydrogen (secondary N) is 1. The van der Waals surface area contributed by atoms with Gasteiger partial charge in [0.05, 0.1) is 25.8 Å². The fraction of sp³-hybridized carbons (Fsp3) is 0.300. The van der Waals surface area contributed by atoms with Crippen LogP contribution in [0.25, 0.3) is 0 Å². The molecule has 6 nitrogen and oxygen atoms in total. The number of hydrogen-bond donors (Lipinski definition) is 1. The molecule has 1 aliphatic heterocycles. The summed E-state index contributed by atoms with van der Waals surface area (Å²) in [4.78, 5) is 26.0. The van der Waals surface area contributed by atoms with Crippen LogP contribution >= 0.6 is 0 Å². The molecule has 0 aromatic heterocycles. The lowest BCUT2D eigenvalue weighted by molar-refractivity contribution is 0.0600. The summed E-state index contributed by atoms with van der Waals surface area (Å²) in [7, 11) is 2.97. The Bertz CT molecular complexity index is 771. The SMILES string of the molecule is COC(=O)c1ccc(NC(=O)N2CCC[C@@H]2c2ccc(OC)cc2)cc1. The van der Waals surface area contributed by atoms with Gasteiger partial charge in [0, 0.05) is 12.2 Å². The van der Waals surface area contributed by atoms with E-state index in [4.69, 9.17) is 4.74 Å². The maximum Gasteiger partial charge on any atom is 0.337 e. The smallest absolute Gasteiger partial charge is 0.337 e. The van der Waals surface area contributed by atoms with E-state index in [1.54, 1.807) is 31.4 Å². The number of benzene rings is 2. The molecular weight excluding hydrogens is 332 g/mol. The van der Waals surface area contributed by atoms with Crippen molar-refractivity contribution in [2.75, 3.05) is 26.1 Å². The van der Waals surface area contributed by atoms with Crippen LogP contribution in [0.3, 0.4) is 0 Å². The number of likely N-dealkylation sites (tertiary alicyclic amines) is 1. The summed E-state index contributed by atoms with van der Waals surface area (Å²) in [5.74, 6) is 0.399. The molecule has 1 heterocycles. The van der Waals surface area contributed by atoms with Crippen LogP contribution in [-0.4, -0.2) is 37.7 Å². The minimum absolute atomic E-state index is 0.0512. The van der Waals surface area contributed by atoms with Crippen LogP contribution in [-0.2, 0) is 4.74 Å². The summed E-state index contributed by atoms with van der Waals surface area (Å²) in [6.07, 6.45) is 1.90. The number of carbonyl (C=O) groups is 2. The predicted octanol–water partition coefficient (Wildman–Crippen LogP) is 3.85. The standard InChI is InChI=1S/C20H22N2O4/c1-25-17-11-7-14(8-12-17)18-4-3-13-22(18)20(24)21-16-9-5-15(6-10-16)19(23)26-2/h5-12,18H,3-4,13H2,1-2H3,(H,21,24)/t18-/m1/s1. The lowest BCUT2D eigenvalue weighted by Gasteiger charge is -2.25. The highest BCUT2D eigenvalue weighted by molar-refractivity contribution is 5.92. The van der Waals surface area contributed by atoms with Crippen LogP contribution in [0.5, 0.6) is 5.75 Å². The van der Waals surface area contributed by atoms with Crippen LogP contribution in [0.1, 0.15) is 34.8 Å². The van der Waals surface area contributed by atoms with Crippen molar-refractivity contribution in [2.24, 2.45) is 0 Å². The van der Waals surface area contributed by atoms with E-state index in [9.17, 15) is 9.59 Å². The van der Waals surface area contributed by atoms with Crippen molar-refractivity contribution in [2.45, 2.75) is 18.9 Å². The monoisotopic (exact) mass is 354 g/mol. The molecule has 6 heteroatoms. The zero-order valence-electron chi connectivity index (χ0n) is 14.9. The summed E-state index contributed by atoms with van der Waals surface area (Å²) >= 11 is 0. The van der Waals surface area contributed by atoms with E-state index < -0.39 is 5.97 Å². The molecule has 2 aromatic rings. The zero-order chi connectivity index (χ0) is 18.5. The van der Waals surface area contributed by atoms with Gasteiger partial charge in [-0.1, -0.05) is 12.1 Å². The van der Waals surface area contributed by atoms with E-state index >= 15 is 0 Å². The van der Waals surface area contributed by atoms with Gasteiger partial charge in [-0.2, -0.15) is 0 Å². The molecule has 1 aliphatic rings. The number of carbonyl (C=O) groups excluding carboxylic acids is 2. The van der Waals surface area contributed by atoms with E-state index in [2.05, 4.69) is 10.1 Å². The molecule has 0 bridgehead atoms. The van der Waals surface area contributed by atoms with Crippen LogP contribution in [0.15, 0.2) is 48.5 Å². The van der Waals surface area contributed by atoms with Gasteiger partial charge in [-0.25, -0.2) is 9.59 Å². The van der Waals surface area contributed by atoms with Crippen LogP contribution in [0.4, 0.5) is 10.5 Å². The number of rotatable bonds is 4. The number of amides is 2. The third-order valence-corrected chi connectivity index (χ3v) is 4.57. The van der Waals surface area contributed by atoms with Gasteiger partial charge in [0.15, 0.2) is 0 Å². The minimum atomic E-state index is -0.401. The number of ether oxygens (including phenoxy) is 2. The van der Waals surface area contributed by atoms with Crippen molar-refractivity contribution < 1.29 is 19.1 Å². The first-order valence-corrected chi connectivity index (χ1v) is 8.52. The molecule has 26 heavy (non-hydrogen) atoms. The lowest BCUT2D eigenvalue weighted by Crippen LogP contribution is -2.34. The van der Waals surface area contributed by atoms with Gasteiger partial charge in [-0.05, 0) is 54.8 Å². The molecule has 0 radical (unpaired) electrons. The first-order chi connectivity index (χ1) is 12.6. The van der Waals surface area contributed by atoms with E-state index in [0.29, 0.717) is 17.8 Å². The zero-order valence-corrected chi connectivity index (χ0v) is 14.9. The van der Waals surface area contributed by atoms with Crippen molar-refractivity contribution in [1.29, 1.82) is 0 Å². The molecule has 3 rings (SSSR count). The molecule has 0 unspecified atom stereocenters. The Hall–Kier alpha value is -3.02. The van der Waals surface area contributed by atoms with Crippen molar-refractivity contribution in [3.05, 3.63) is 59.7 Å². The second kappa shape index (κ2) is 7.91. The molecule has 1 saturated heterocycles. The molecule has 1 fully saturated rings. The van der Waals surface area contributed by atoms with Gasteiger partial charge in [-0.15, -0.1) is 0 Å². The number of esters is 1. The third-order valence-electron chi connectivity index (χ3n) is 4.57. The Balaban J connectivity index is 1.68. The minimum Gasteiger partial charge on any atom is -0.497 e. The molecule has 1 N–H and O–H groups in total. The number of urea groups is 1. The second-order valence-electron chi connectivity index (χ2n) is 6.12. The Labute approximate surface area is 152 Å². The fourth-order valence-corrected chi connectivity index (χ4v) is 3.19. The summed E-state index contributed by atoms with van der Waals surface area (Å²) in [6.45, 7) is 0.711. The molecular formula is C20H22N2O4. The molecule has 0 aliphatic carbocycles. The maximum absolute atomic E-state index is 12.7. The van der Waals surface area contributed by atoms with Gasteiger partial charge in [0.25, 0.3) is 0 Å². The first kappa shape index (κ1) is 17.8. The topological polar surface area (TPSA) is 67.9 Å². The Kier molecular flexibility index (Phi) is 5.41. The molecule has 0 saturated carbocycles. The first-order valence-electron chi connectivity index (χ1n) is 8.52. The van der Waals surface area contributed by atoms with Gasteiger partial charge in [-0.3, -0.25) is 0 Å². The van der Waals surface area contributed by atoms with Crippen molar-refractivity contribution in [1.82, 2.24) is 4.90 Å². The van der Waals surface area contributed by atoms with Gasteiger partial charge in [0.2, 0.25) is 0 Å². The Morgan fingerprint density at radius 2 is 1.73 bits per heavy atom. The Morgan fingerprint density at radius 1 is 1.04 bits per heavy atom. The molecule has 2 amide bonds. The van der Waals surface area contributed by atoms with Crippen molar-refractivity contribution >= 4 is 17.7 Å². The van der Waals surface area contributed by atoms with Crippen molar-refractivity contribution in [3.63, 3.8) is 0 Å². The van der Waals surface area contributed by atoms with E-state index in [0.717, 1.165) is 24.2 Å². The van der Waals surface area contributed by atoms with Gasteiger partial charge >= 0.3 is 12.0 Å². The second-order valence-corrected chi connectivity index (χ2v) is 6.12.